The lowest BCUT2D eigenvalue weighted by Gasteiger charge is -2.05. The maximum Gasteiger partial charge on any atom is 0.337 e. The van der Waals surface area contributed by atoms with Gasteiger partial charge in [-0.3, -0.25) is 4.98 Å². The average molecular weight is 214 g/mol. The summed E-state index contributed by atoms with van der Waals surface area (Å²) in [4.78, 5) is 14.7. The predicted octanol–water partition coefficient (Wildman–Crippen LogP) is 2.03. The van der Waals surface area contributed by atoms with E-state index in [1.807, 2.05) is 12.1 Å². The van der Waals surface area contributed by atoms with Crippen LogP contribution in [-0.4, -0.2) is 16.1 Å². The van der Waals surface area contributed by atoms with Crippen molar-refractivity contribution in [1.82, 2.24) is 4.98 Å². The summed E-state index contributed by atoms with van der Waals surface area (Å²) in [6, 6.07) is 8.58. The van der Waals surface area contributed by atoms with E-state index in [9.17, 15) is 4.79 Å². The lowest BCUT2D eigenvalue weighted by molar-refractivity contribution is 0.0698. The Kier molecular flexibility index (Phi) is 2.55. The number of nitrogens with zero attached hydrogens (tertiary/aromatic N) is 1. The Morgan fingerprint density at radius 1 is 1.12 bits per heavy atom. The number of hydrogen-bond donors (Lipinski definition) is 2. The number of nitrogens with two attached hydrogens (primary N) is 1. The fourth-order valence-corrected chi connectivity index (χ4v) is 1.48. The quantitative estimate of drug-likeness (QED) is 0.750. The van der Waals surface area contributed by atoms with E-state index in [2.05, 4.69) is 4.98 Å². The molecule has 1 heterocycles. The van der Waals surface area contributed by atoms with Crippen LogP contribution in [0.15, 0.2) is 42.7 Å². The zero-order valence-corrected chi connectivity index (χ0v) is 8.42. The summed E-state index contributed by atoms with van der Waals surface area (Å²) < 4.78 is 0. The average Bonchev–Trinajstić information content (AvgIpc) is 2.29. The Morgan fingerprint density at radius 2 is 1.81 bits per heavy atom. The summed E-state index contributed by atoms with van der Waals surface area (Å²) in [7, 11) is 0. The molecule has 0 spiro atoms. The number of pyridine rings is 1. The molecule has 4 nitrogen and oxygen atoms in total. The summed E-state index contributed by atoms with van der Waals surface area (Å²) in [6.07, 6.45) is 3.35. The van der Waals surface area contributed by atoms with Crippen LogP contribution in [0.25, 0.3) is 11.1 Å². The van der Waals surface area contributed by atoms with Crippen LogP contribution in [-0.2, 0) is 0 Å². The second-order valence-corrected chi connectivity index (χ2v) is 3.34. The van der Waals surface area contributed by atoms with Gasteiger partial charge in [0, 0.05) is 18.1 Å². The van der Waals surface area contributed by atoms with Gasteiger partial charge in [-0.1, -0.05) is 6.07 Å². The molecular weight excluding hydrogens is 204 g/mol. The van der Waals surface area contributed by atoms with Gasteiger partial charge in [-0.15, -0.1) is 0 Å². The first kappa shape index (κ1) is 10.2. The van der Waals surface area contributed by atoms with Gasteiger partial charge in [0.1, 0.15) is 0 Å². The van der Waals surface area contributed by atoms with Crippen molar-refractivity contribution >= 4 is 11.7 Å². The second kappa shape index (κ2) is 4.02. The van der Waals surface area contributed by atoms with Crippen LogP contribution in [0.1, 0.15) is 10.4 Å². The predicted molar refractivity (Wildman–Crippen MR) is 61.0 cm³/mol. The second-order valence-electron chi connectivity index (χ2n) is 3.34. The molecule has 16 heavy (non-hydrogen) atoms. The van der Waals surface area contributed by atoms with E-state index >= 15 is 0 Å². The minimum absolute atomic E-state index is 0.123. The van der Waals surface area contributed by atoms with Crippen molar-refractivity contribution in [2.75, 3.05) is 5.73 Å². The summed E-state index contributed by atoms with van der Waals surface area (Å²) in [5, 5.41) is 8.84. The molecular formula is C12H10N2O2. The fourth-order valence-electron chi connectivity index (χ4n) is 1.48. The number of aromatic nitrogens is 1. The SMILES string of the molecule is Nc1cc(-c2ccncc2)ccc1C(=O)O. The highest BCUT2D eigenvalue weighted by molar-refractivity contribution is 5.94. The molecule has 0 bridgehead atoms. The zero-order valence-electron chi connectivity index (χ0n) is 8.42. The largest absolute Gasteiger partial charge is 0.478 e. The maximum absolute atomic E-state index is 10.8. The number of hydrogen-bond acceptors (Lipinski definition) is 3. The Labute approximate surface area is 92.4 Å². The summed E-state index contributed by atoms with van der Waals surface area (Å²) in [5.41, 5.74) is 7.89. The number of aromatic carboxylic acids is 1. The molecule has 0 saturated carbocycles. The number of anilines is 1. The zero-order chi connectivity index (χ0) is 11.5. The van der Waals surface area contributed by atoms with Crippen LogP contribution < -0.4 is 5.73 Å². The first-order valence-electron chi connectivity index (χ1n) is 4.71. The number of rotatable bonds is 2. The molecule has 0 aliphatic heterocycles. The molecule has 0 aliphatic rings. The van der Waals surface area contributed by atoms with E-state index in [1.165, 1.54) is 6.07 Å². The number of benzene rings is 1. The minimum atomic E-state index is -1.02. The van der Waals surface area contributed by atoms with Crippen molar-refractivity contribution in [3.05, 3.63) is 48.3 Å². The van der Waals surface area contributed by atoms with E-state index in [-0.39, 0.29) is 11.3 Å². The molecule has 2 aromatic rings. The summed E-state index contributed by atoms with van der Waals surface area (Å²) >= 11 is 0. The van der Waals surface area contributed by atoms with Gasteiger partial charge in [-0.05, 0) is 35.4 Å². The Hall–Kier alpha value is -2.36. The normalized spacial score (nSPS) is 10.0. The van der Waals surface area contributed by atoms with Crippen molar-refractivity contribution in [2.24, 2.45) is 0 Å². The van der Waals surface area contributed by atoms with Gasteiger partial charge < -0.3 is 10.8 Å². The van der Waals surface area contributed by atoms with Gasteiger partial charge in [0.15, 0.2) is 0 Å². The molecule has 0 aliphatic carbocycles. The molecule has 0 saturated heterocycles. The molecule has 2 rings (SSSR count). The lowest BCUT2D eigenvalue weighted by atomic mass is 10.0. The topological polar surface area (TPSA) is 76.2 Å². The Morgan fingerprint density at radius 3 is 2.38 bits per heavy atom. The molecule has 0 radical (unpaired) electrons. The van der Waals surface area contributed by atoms with Crippen LogP contribution in [0.4, 0.5) is 5.69 Å². The van der Waals surface area contributed by atoms with Crippen molar-refractivity contribution in [1.29, 1.82) is 0 Å². The Bertz CT molecular complexity index is 524. The molecule has 4 heteroatoms. The van der Waals surface area contributed by atoms with Crippen LogP contribution in [0.3, 0.4) is 0 Å². The van der Waals surface area contributed by atoms with E-state index in [1.54, 1.807) is 24.5 Å². The van der Waals surface area contributed by atoms with Crippen LogP contribution in [0.2, 0.25) is 0 Å². The maximum atomic E-state index is 10.8. The molecule has 3 N–H and O–H groups in total. The highest BCUT2D eigenvalue weighted by Gasteiger charge is 2.08. The standard InChI is InChI=1S/C12H10N2O2/c13-11-7-9(1-2-10(11)12(15)16)8-3-5-14-6-4-8/h1-7H,13H2,(H,15,16). The molecule has 80 valence electrons. The van der Waals surface area contributed by atoms with Crippen LogP contribution in [0.5, 0.6) is 0 Å². The van der Waals surface area contributed by atoms with Gasteiger partial charge in [0.2, 0.25) is 0 Å². The van der Waals surface area contributed by atoms with Crippen molar-refractivity contribution in [3.63, 3.8) is 0 Å². The minimum Gasteiger partial charge on any atom is -0.478 e. The van der Waals surface area contributed by atoms with Gasteiger partial charge >= 0.3 is 5.97 Å². The first-order chi connectivity index (χ1) is 7.68. The number of carboxylic acid groups (broad SMARTS) is 1. The van der Waals surface area contributed by atoms with Gasteiger partial charge in [0.25, 0.3) is 0 Å². The highest BCUT2D eigenvalue weighted by atomic mass is 16.4. The number of carboxylic acids is 1. The smallest absolute Gasteiger partial charge is 0.337 e. The van der Waals surface area contributed by atoms with Gasteiger partial charge in [-0.25, -0.2) is 4.79 Å². The van der Waals surface area contributed by atoms with Crippen molar-refractivity contribution in [3.8, 4) is 11.1 Å². The van der Waals surface area contributed by atoms with Crippen molar-refractivity contribution in [2.45, 2.75) is 0 Å². The summed E-state index contributed by atoms with van der Waals surface area (Å²) in [6.45, 7) is 0. The third-order valence-electron chi connectivity index (χ3n) is 2.30. The van der Waals surface area contributed by atoms with E-state index in [4.69, 9.17) is 10.8 Å². The third kappa shape index (κ3) is 1.86. The van der Waals surface area contributed by atoms with Crippen LogP contribution in [0, 0.1) is 0 Å². The van der Waals surface area contributed by atoms with E-state index in [0.717, 1.165) is 11.1 Å². The van der Waals surface area contributed by atoms with Crippen LogP contribution >= 0.6 is 0 Å². The number of nitrogen functional groups attached to an aromatic ring is 1. The van der Waals surface area contributed by atoms with E-state index < -0.39 is 5.97 Å². The monoisotopic (exact) mass is 214 g/mol. The van der Waals surface area contributed by atoms with E-state index in [0.29, 0.717) is 0 Å². The molecule has 0 amide bonds. The molecule has 1 aromatic heterocycles. The molecule has 0 fully saturated rings. The fraction of sp³-hybridized carbons (Fsp3) is 0. The summed E-state index contributed by atoms with van der Waals surface area (Å²) in [5.74, 6) is -1.02. The van der Waals surface area contributed by atoms with Gasteiger partial charge in [0.05, 0.1) is 5.56 Å². The molecule has 0 unspecified atom stereocenters. The lowest BCUT2D eigenvalue weighted by Crippen LogP contribution is -2.02. The molecule has 0 atom stereocenters. The van der Waals surface area contributed by atoms with Gasteiger partial charge in [-0.2, -0.15) is 0 Å². The van der Waals surface area contributed by atoms with Crippen molar-refractivity contribution < 1.29 is 9.90 Å². The number of carbonyl (C=O) groups is 1. The Balaban J connectivity index is 2.46. The first-order valence-corrected chi connectivity index (χ1v) is 4.71. The third-order valence-corrected chi connectivity index (χ3v) is 2.30. The highest BCUT2D eigenvalue weighted by Crippen LogP contribution is 2.23. The molecule has 1 aromatic carbocycles.